The van der Waals surface area contributed by atoms with Crippen LogP contribution in [0.2, 0.25) is 0 Å². The highest BCUT2D eigenvalue weighted by molar-refractivity contribution is 5.46. The van der Waals surface area contributed by atoms with Gasteiger partial charge >= 0.3 is 0 Å². The summed E-state index contributed by atoms with van der Waals surface area (Å²) in [4.78, 5) is 0. The van der Waals surface area contributed by atoms with Crippen LogP contribution in [0.4, 0.5) is 0 Å². The van der Waals surface area contributed by atoms with E-state index in [1.165, 1.54) is 12.7 Å². The van der Waals surface area contributed by atoms with Gasteiger partial charge in [0, 0.05) is 0 Å². The smallest absolute Gasteiger partial charge is 0.160 e. The lowest BCUT2D eigenvalue weighted by Gasteiger charge is -2.32. The Bertz CT molecular complexity index is 892. The Morgan fingerprint density at radius 1 is 0.968 bits per heavy atom. The average Bonchev–Trinajstić information content (AvgIpc) is 2.78. The largest absolute Gasteiger partial charge is 0.504 e. The molecule has 1 atom stereocenters. The first-order chi connectivity index (χ1) is 14.9. The van der Waals surface area contributed by atoms with Gasteiger partial charge < -0.3 is 24.6 Å². The number of rotatable bonds is 12. The maximum atomic E-state index is 10.1. The molecule has 1 unspecified atom stereocenters. The third kappa shape index (κ3) is 5.83. The first-order valence-electron chi connectivity index (χ1n) is 10.6. The Hall–Kier alpha value is -2.91. The summed E-state index contributed by atoms with van der Waals surface area (Å²) in [5.41, 5.74) is 1.42. The molecule has 0 radical (unpaired) electrons. The Balaban J connectivity index is 1.93. The highest BCUT2D eigenvalue weighted by Crippen LogP contribution is 2.40. The van der Waals surface area contributed by atoms with E-state index < -0.39 is 5.41 Å². The standard InChI is InChI=1S/C25H34N2O4/c1-18(2)25(17-26,20-8-9-21(28)23(16-20)30-4)12-6-13-27-14-11-19-7-10-22(29-3)24(15-19)31-5/h7-10,15-16,18,27-28H,6,11-14H2,1-5H3. The summed E-state index contributed by atoms with van der Waals surface area (Å²) >= 11 is 0. The predicted molar refractivity (Wildman–Crippen MR) is 122 cm³/mol. The number of phenolic OH excluding ortho intramolecular Hbond substituents is 1. The minimum Gasteiger partial charge on any atom is -0.504 e. The molecule has 31 heavy (non-hydrogen) atoms. The van der Waals surface area contributed by atoms with E-state index in [1.807, 2.05) is 24.3 Å². The number of nitriles is 1. The number of hydrogen-bond acceptors (Lipinski definition) is 6. The van der Waals surface area contributed by atoms with Gasteiger partial charge in [0.2, 0.25) is 0 Å². The Kier molecular flexibility index (Phi) is 9.02. The van der Waals surface area contributed by atoms with E-state index in [-0.39, 0.29) is 11.7 Å². The molecular formula is C25H34N2O4. The van der Waals surface area contributed by atoms with Crippen molar-refractivity contribution in [1.82, 2.24) is 5.32 Å². The minimum absolute atomic E-state index is 0.0821. The van der Waals surface area contributed by atoms with Crippen molar-refractivity contribution in [3.05, 3.63) is 47.5 Å². The molecule has 0 aliphatic carbocycles. The molecule has 2 rings (SSSR count). The van der Waals surface area contributed by atoms with Gasteiger partial charge in [0.1, 0.15) is 0 Å². The monoisotopic (exact) mass is 426 g/mol. The molecule has 0 amide bonds. The van der Waals surface area contributed by atoms with Crippen molar-refractivity contribution >= 4 is 0 Å². The molecule has 0 aliphatic rings. The summed E-state index contributed by atoms with van der Waals surface area (Å²) < 4.78 is 15.9. The van der Waals surface area contributed by atoms with Gasteiger partial charge in [-0.05, 0) is 73.7 Å². The van der Waals surface area contributed by atoms with Gasteiger partial charge in [-0.3, -0.25) is 0 Å². The SMILES string of the molecule is COc1cc(C(C#N)(CCCNCCc2ccc(OC)c(OC)c2)C(C)C)ccc1O. The Morgan fingerprint density at radius 2 is 1.68 bits per heavy atom. The third-order valence-electron chi connectivity index (χ3n) is 5.84. The lowest BCUT2D eigenvalue weighted by Crippen LogP contribution is -2.32. The number of ether oxygens (including phenoxy) is 3. The number of nitrogens with one attached hydrogen (secondary N) is 1. The van der Waals surface area contributed by atoms with E-state index >= 15 is 0 Å². The molecule has 0 saturated heterocycles. The maximum absolute atomic E-state index is 10.1. The van der Waals surface area contributed by atoms with Crippen LogP contribution in [-0.2, 0) is 11.8 Å². The van der Waals surface area contributed by atoms with E-state index in [9.17, 15) is 10.4 Å². The highest BCUT2D eigenvalue weighted by Gasteiger charge is 2.36. The predicted octanol–water partition coefficient (Wildman–Crippen LogP) is 4.45. The van der Waals surface area contributed by atoms with Gasteiger partial charge in [-0.25, -0.2) is 0 Å². The van der Waals surface area contributed by atoms with Crippen molar-refractivity contribution in [1.29, 1.82) is 5.26 Å². The van der Waals surface area contributed by atoms with Crippen molar-refractivity contribution in [3.8, 4) is 29.1 Å². The van der Waals surface area contributed by atoms with Crippen molar-refractivity contribution in [2.45, 2.75) is 38.5 Å². The first kappa shape index (κ1) is 24.4. The van der Waals surface area contributed by atoms with Crippen LogP contribution in [0.15, 0.2) is 36.4 Å². The summed E-state index contributed by atoms with van der Waals surface area (Å²) in [6.45, 7) is 5.78. The van der Waals surface area contributed by atoms with Gasteiger partial charge in [-0.2, -0.15) is 5.26 Å². The number of nitrogens with zero attached hydrogens (tertiary/aromatic N) is 1. The minimum atomic E-state index is -0.633. The van der Waals surface area contributed by atoms with Gasteiger partial charge in [0.15, 0.2) is 23.0 Å². The second kappa shape index (κ2) is 11.5. The molecule has 168 valence electrons. The molecule has 0 aliphatic heterocycles. The molecule has 0 spiro atoms. The zero-order valence-electron chi connectivity index (χ0n) is 19.2. The van der Waals surface area contributed by atoms with Crippen molar-refractivity contribution in [2.75, 3.05) is 34.4 Å². The van der Waals surface area contributed by atoms with Crippen LogP contribution >= 0.6 is 0 Å². The second-order valence-electron chi connectivity index (χ2n) is 7.92. The molecule has 2 N–H and O–H groups in total. The molecule has 0 fully saturated rings. The Labute approximate surface area is 185 Å². The molecule has 6 heteroatoms. The number of hydrogen-bond donors (Lipinski definition) is 2. The van der Waals surface area contributed by atoms with E-state index in [1.54, 1.807) is 26.4 Å². The van der Waals surface area contributed by atoms with Gasteiger partial charge in [-0.1, -0.05) is 26.0 Å². The summed E-state index contributed by atoms with van der Waals surface area (Å²) in [6.07, 6.45) is 2.46. The fourth-order valence-corrected chi connectivity index (χ4v) is 3.86. The van der Waals surface area contributed by atoms with Gasteiger partial charge in [0.05, 0.1) is 32.8 Å². The van der Waals surface area contributed by atoms with Crippen LogP contribution < -0.4 is 19.5 Å². The van der Waals surface area contributed by atoms with Crippen molar-refractivity contribution < 1.29 is 19.3 Å². The van der Waals surface area contributed by atoms with Crippen LogP contribution in [0.3, 0.4) is 0 Å². The molecule has 0 aromatic heterocycles. The van der Waals surface area contributed by atoms with Crippen molar-refractivity contribution in [2.24, 2.45) is 5.92 Å². The van der Waals surface area contributed by atoms with Crippen LogP contribution in [0.1, 0.15) is 37.8 Å². The van der Waals surface area contributed by atoms with Crippen LogP contribution in [0.5, 0.6) is 23.0 Å². The zero-order chi connectivity index (χ0) is 22.9. The summed E-state index contributed by atoms with van der Waals surface area (Å²) in [7, 11) is 4.79. The van der Waals surface area contributed by atoms with Crippen LogP contribution in [-0.4, -0.2) is 39.5 Å². The van der Waals surface area contributed by atoms with Gasteiger partial charge in [0.25, 0.3) is 0 Å². The summed E-state index contributed by atoms with van der Waals surface area (Å²) in [5.74, 6) is 2.06. The molecule has 0 bridgehead atoms. The Morgan fingerprint density at radius 3 is 2.29 bits per heavy atom. The summed E-state index contributed by atoms with van der Waals surface area (Å²) in [6, 6.07) is 13.7. The molecule has 6 nitrogen and oxygen atoms in total. The number of benzene rings is 2. The topological polar surface area (TPSA) is 83.7 Å². The second-order valence-corrected chi connectivity index (χ2v) is 7.92. The van der Waals surface area contributed by atoms with Crippen LogP contribution in [0.25, 0.3) is 0 Å². The lowest BCUT2D eigenvalue weighted by molar-refractivity contribution is 0.347. The summed E-state index contributed by atoms with van der Waals surface area (Å²) in [5, 5.41) is 23.5. The number of aromatic hydroxyl groups is 1. The molecule has 0 heterocycles. The molecule has 2 aromatic carbocycles. The maximum Gasteiger partial charge on any atom is 0.160 e. The number of methoxy groups -OCH3 is 3. The highest BCUT2D eigenvalue weighted by atomic mass is 16.5. The quantitative estimate of drug-likeness (QED) is 0.488. The molecule has 0 saturated carbocycles. The average molecular weight is 427 g/mol. The fourth-order valence-electron chi connectivity index (χ4n) is 3.86. The van der Waals surface area contributed by atoms with E-state index in [0.29, 0.717) is 5.75 Å². The normalized spacial score (nSPS) is 12.8. The first-order valence-corrected chi connectivity index (χ1v) is 10.6. The number of phenols is 1. The lowest BCUT2D eigenvalue weighted by atomic mass is 9.70. The molecule has 2 aromatic rings. The van der Waals surface area contributed by atoms with Crippen LogP contribution in [0, 0.1) is 17.2 Å². The van der Waals surface area contributed by atoms with Gasteiger partial charge in [-0.15, -0.1) is 0 Å². The zero-order valence-corrected chi connectivity index (χ0v) is 19.2. The molecular weight excluding hydrogens is 392 g/mol. The third-order valence-corrected chi connectivity index (χ3v) is 5.84. The fraction of sp³-hybridized carbons (Fsp3) is 0.480. The van der Waals surface area contributed by atoms with E-state index in [4.69, 9.17) is 14.2 Å². The van der Waals surface area contributed by atoms with E-state index in [0.717, 1.165) is 49.4 Å². The van der Waals surface area contributed by atoms with Crippen molar-refractivity contribution in [3.63, 3.8) is 0 Å². The van der Waals surface area contributed by atoms with E-state index in [2.05, 4.69) is 25.2 Å².